The summed E-state index contributed by atoms with van der Waals surface area (Å²) in [5, 5.41) is 14.3. The van der Waals surface area contributed by atoms with Crippen molar-refractivity contribution in [2.24, 2.45) is 0 Å². The second-order valence-electron chi connectivity index (χ2n) is 7.04. The van der Waals surface area contributed by atoms with Crippen molar-refractivity contribution in [2.75, 3.05) is 13.6 Å². The molecule has 1 aromatic carbocycles. The third-order valence-corrected chi connectivity index (χ3v) is 4.83. The third kappa shape index (κ3) is 6.63. The number of nitrogens with one attached hydrogen (secondary N) is 2. The van der Waals surface area contributed by atoms with Crippen LogP contribution in [-0.2, 0) is 27.2 Å². The van der Waals surface area contributed by atoms with Gasteiger partial charge in [0, 0.05) is 38.3 Å². The number of aromatic nitrogens is 1. The zero-order valence-electron chi connectivity index (χ0n) is 18.1. The molecule has 2 amide bonds. The number of amides is 2. The molecule has 1 aliphatic rings. The topological polar surface area (TPSA) is 122 Å². The molecule has 3 rings (SSSR count). The Kier molecular flexibility index (Phi) is 8.98. The fourth-order valence-corrected chi connectivity index (χ4v) is 3.09. The van der Waals surface area contributed by atoms with Gasteiger partial charge in [-0.15, -0.1) is 0 Å². The average molecular weight is 420 g/mol. The normalized spacial score (nSPS) is 17.9. The van der Waals surface area contributed by atoms with Crippen molar-refractivity contribution in [3.8, 4) is 0 Å². The molecule has 2 aromatic rings. The number of rotatable bonds is 9. The van der Waals surface area contributed by atoms with Gasteiger partial charge in [0.15, 0.2) is 0 Å². The Morgan fingerprint density at radius 1 is 1.17 bits per heavy atom. The van der Waals surface area contributed by atoms with Crippen LogP contribution in [0, 0.1) is 0 Å². The van der Waals surface area contributed by atoms with Crippen LogP contribution in [0.15, 0.2) is 54.7 Å². The monoisotopic (exact) mass is 420 g/mol. The van der Waals surface area contributed by atoms with Gasteiger partial charge in [-0.1, -0.05) is 36.4 Å². The summed E-state index contributed by atoms with van der Waals surface area (Å²) < 4.78 is 0. The van der Waals surface area contributed by atoms with E-state index in [2.05, 4.69) is 15.6 Å². The molecule has 1 aromatic heterocycles. The fourth-order valence-electron chi connectivity index (χ4n) is 3.09. The van der Waals surface area contributed by atoms with Crippen LogP contribution in [-0.4, -0.2) is 64.5 Å². The van der Waals surface area contributed by atoms with Crippen LogP contribution < -0.4 is 40.2 Å². The molecule has 0 aliphatic carbocycles. The van der Waals surface area contributed by atoms with Gasteiger partial charge >= 0.3 is 35.5 Å². The van der Waals surface area contributed by atoms with E-state index in [-0.39, 0.29) is 36.9 Å². The molecule has 154 valence electrons. The summed E-state index contributed by atoms with van der Waals surface area (Å²) in [6.07, 6.45) is 2.63. The SMILES string of the molecule is CN(CCc1ccccn1)C(=O)[C@H](Cc1ccccc1)NC(=O)[C@H]1N[C@@H]1C(=O)O.[H-].[Na+]. The second kappa shape index (κ2) is 11.2. The number of likely N-dealkylation sites (N-methyl/N-ethyl adjacent to an activating group) is 1. The predicted molar refractivity (Wildman–Crippen MR) is 107 cm³/mol. The minimum absolute atomic E-state index is 0. The minimum atomic E-state index is -1.08. The molecule has 0 spiro atoms. The number of pyridine rings is 1. The van der Waals surface area contributed by atoms with Gasteiger partial charge in [0.1, 0.15) is 18.1 Å². The number of hydrogen-bond acceptors (Lipinski definition) is 5. The fraction of sp³-hybridized carbons (Fsp3) is 0.333. The first-order valence-electron chi connectivity index (χ1n) is 9.43. The maximum atomic E-state index is 13.0. The largest absolute Gasteiger partial charge is 1.00 e. The molecule has 30 heavy (non-hydrogen) atoms. The van der Waals surface area contributed by atoms with Gasteiger partial charge in [-0.2, -0.15) is 0 Å². The third-order valence-electron chi connectivity index (χ3n) is 4.83. The number of carboxylic acids is 1. The zero-order valence-corrected chi connectivity index (χ0v) is 19.1. The van der Waals surface area contributed by atoms with E-state index in [0.717, 1.165) is 11.3 Å². The first-order chi connectivity index (χ1) is 14.0. The molecule has 0 radical (unpaired) electrons. The van der Waals surface area contributed by atoms with E-state index in [1.165, 1.54) is 0 Å². The smallest absolute Gasteiger partial charge is 1.00 e. The Hall–Kier alpha value is -2.26. The molecule has 1 aliphatic heterocycles. The van der Waals surface area contributed by atoms with Crippen LogP contribution in [0.3, 0.4) is 0 Å². The zero-order chi connectivity index (χ0) is 20.8. The van der Waals surface area contributed by atoms with Crippen molar-refractivity contribution in [3.63, 3.8) is 0 Å². The Labute approximate surface area is 198 Å². The Morgan fingerprint density at radius 2 is 1.87 bits per heavy atom. The van der Waals surface area contributed by atoms with E-state index in [0.29, 0.717) is 19.4 Å². The summed E-state index contributed by atoms with van der Waals surface area (Å²) in [6.45, 7) is 0.455. The Bertz CT molecular complexity index is 872. The van der Waals surface area contributed by atoms with E-state index in [9.17, 15) is 14.4 Å². The summed E-state index contributed by atoms with van der Waals surface area (Å²) in [4.78, 5) is 42.2. The van der Waals surface area contributed by atoms with Gasteiger partial charge in [0.2, 0.25) is 11.8 Å². The van der Waals surface area contributed by atoms with Crippen LogP contribution in [0.4, 0.5) is 0 Å². The van der Waals surface area contributed by atoms with Crippen molar-refractivity contribution >= 4 is 17.8 Å². The van der Waals surface area contributed by atoms with Crippen molar-refractivity contribution in [2.45, 2.75) is 31.0 Å². The molecule has 8 nitrogen and oxygen atoms in total. The number of hydrogen-bond donors (Lipinski definition) is 3. The number of carboxylic acid groups (broad SMARTS) is 1. The molecule has 0 unspecified atom stereocenters. The first kappa shape index (κ1) is 24.0. The van der Waals surface area contributed by atoms with Gasteiger partial charge in [-0.05, 0) is 17.7 Å². The summed E-state index contributed by atoms with van der Waals surface area (Å²) in [6, 6.07) is 12.5. The van der Waals surface area contributed by atoms with Gasteiger partial charge in [0.25, 0.3) is 0 Å². The summed E-state index contributed by atoms with van der Waals surface area (Å²) in [5.41, 5.74) is 1.78. The number of carbonyl (C=O) groups is 3. The van der Waals surface area contributed by atoms with E-state index in [1.807, 2.05) is 48.5 Å². The molecule has 9 heteroatoms. The molecule has 3 atom stereocenters. The van der Waals surface area contributed by atoms with Crippen LogP contribution in [0.5, 0.6) is 0 Å². The second-order valence-corrected chi connectivity index (χ2v) is 7.04. The van der Waals surface area contributed by atoms with Gasteiger partial charge in [-0.25, -0.2) is 0 Å². The molecule has 0 saturated carbocycles. The van der Waals surface area contributed by atoms with Crippen LogP contribution in [0.1, 0.15) is 12.7 Å². The van der Waals surface area contributed by atoms with Gasteiger partial charge < -0.3 is 16.7 Å². The van der Waals surface area contributed by atoms with Crippen molar-refractivity contribution < 1.29 is 50.5 Å². The van der Waals surface area contributed by atoms with Crippen molar-refractivity contribution in [1.82, 2.24) is 20.5 Å². The molecule has 0 bridgehead atoms. The number of benzene rings is 1. The Balaban J connectivity index is 0.00000240. The molecular formula is C21H25N4NaO4. The van der Waals surface area contributed by atoms with Crippen molar-refractivity contribution in [1.29, 1.82) is 0 Å². The van der Waals surface area contributed by atoms with Gasteiger partial charge in [-0.3, -0.25) is 24.7 Å². The number of aliphatic carboxylic acids is 1. The summed E-state index contributed by atoms with van der Waals surface area (Å²) in [7, 11) is 1.69. The predicted octanol–water partition coefficient (Wildman–Crippen LogP) is -2.65. The summed E-state index contributed by atoms with van der Waals surface area (Å²) >= 11 is 0. The summed E-state index contributed by atoms with van der Waals surface area (Å²) in [5.74, 6) is -1.79. The quantitative estimate of drug-likeness (QED) is 0.301. The van der Waals surface area contributed by atoms with Crippen LogP contribution in [0.2, 0.25) is 0 Å². The van der Waals surface area contributed by atoms with Crippen LogP contribution >= 0.6 is 0 Å². The van der Waals surface area contributed by atoms with Gasteiger partial charge in [0.05, 0.1) is 0 Å². The van der Waals surface area contributed by atoms with Crippen LogP contribution in [0.25, 0.3) is 0 Å². The van der Waals surface area contributed by atoms with E-state index < -0.39 is 30.0 Å². The van der Waals surface area contributed by atoms with Crippen molar-refractivity contribution in [3.05, 3.63) is 66.0 Å². The minimum Gasteiger partial charge on any atom is -1.00 e. The van der Waals surface area contributed by atoms with E-state index >= 15 is 0 Å². The first-order valence-corrected chi connectivity index (χ1v) is 9.43. The standard InChI is InChI=1S/C21H24N4O4.Na.H/c1-25(12-10-15-9-5-6-11-22-15)20(27)16(13-14-7-3-2-4-8-14)23-19(26)17-18(24-17)21(28)29;;/h2-9,11,16-18,24H,10,12-13H2,1H3,(H,23,26)(H,28,29);;/q;+1;-1/t16-,17-,18-;;/m0../s1. The molecule has 1 fully saturated rings. The van der Waals surface area contributed by atoms with E-state index in [4.69, 9.17) is 5.11 Å². The average Bonchev–Trinajstić information content (AvgIpc) is 3.54. The maximum Gasteiger partial charge on any atom is 1.00 e. The molecule has 3 N–H and O–H groups in total. The number of nitrogens with zero attached hydrogens (tertiary/aromatic N) is 2. The van der Waals surface area contributed by atoms with E-state index in [1.54, 1.807) is 18.1 Å². The number of carbonyl (C=O) groups excluding carboxylic acids is 2. The molecule has 1 saturated heterocycles. The molecular weight excluding hydrogens is 395 g/mol. The molecule has 2 heterocycles. The maximum absolute atomic E-state index is 13.0. The Morgan fingerprint density at radius 3 is 2.47 bits per heavy atom.